The molecule has 0 spiro atoms. The molecule has 0 bridgehead atoms. The second-order valence-electron chi connectivity index (χ2n) is 4.05. The summed E-state index contributed by atoms with van der Waals surface area (Å²) in [5, 5.41) is 12.8. The molecule has 0 fully saturated rings. The van der Waals surface area contributed by atoms with Gasteiger partial charge in [0.15, 0.2) is 11.5 Å². The first-order valence-electron chi connectivity index (χ1n) is 5.70. The third kappa shape index (κ3) is 2.43. The third-order valence-electron chi connectivity index (χ3n) is 2.68. The van der Waals surface area contributed by atoms with Gasteiger partial charge in [-0.05, 0) is 24.3 Å². The van der Waals surface area contributed by atoms with E-state index in [0.717, 1.165) is 22.1 Å². The van der Waals surface area contributed by atoms with Crippen molar-refractivity contribution in [1.82, 2.24) is 9.78 Å². The lowest BCUT2D eigenvalue weighted by atomic mass is 10.3. The number of hydrogen-bond donors (Lipinski definition) is 0. The lowest BCUT2D eigenvalue weighted by Crippen LogP contribution is -2.06. The molecule has 0 N–H and O–H groups in total. The van der Waals surface area contributed by atoms with Crippen molar-refractivity contribution in [2.24, 2.45) is 0 Å². The molecule has 3 aromatic rings. The van der Waals surface area contributed by atoms with Crippen molar-refractivity contribution in [3.05, 3.63) is 47.2 Å². The lowest BCUT2D eigenvalue weighted by molar-refractivity contribution is -0.141. The molecule has 0 unspecified atom stereocenters. The Bertz CT molecular complexity index is 809. The Kier molecular flexibility index (Phi) is 3.07. The zero-order valence-electron chi connectivity index (χ0n) is 10.3. The van der Waals surface area contributed by atoms with E-state index >= 15 is 0 Å². The Morgan fingerprint density at radius 3 is 2.67 bits per heavy atom. The summed E-state index contributed by atoms with van der Waals surface area (Å²) in [4.78, 5) is 0.388. The average Bonchev–Trinajstić information content (AvgIpc) is 3.16. The van der Waals surface area contributed by atoms with Crippen LogP contribution in [-0.2, 0) is 6.18 Å². The number of nitrogens with zero attached hydrogens (tertiary/aromatic N) is 3. The molecule has 0 aliphatic rings. The van der Waals surface area contributed by atoms with E-state index in [4.69, 9.17) is 9.68 Å². The van der Waals surface area contributed by atoms with Gasteiger partial charge in [-0.2, -0.15) is 23.5 Å². The summed E-state index contributed by atoms with van der Waals surface area (Å²) in [6.07, 6.45) is -3.18. The van der Waals surface area contributed by atoms with Crippen LogP contribution in [0.3, 0.4) is 0 Å². The third-order valence-corrected chi connectivity index (χ3v) is 3.65. The Labute approximate surface area is 120 Å². The van der Waals surface area contributed by atoms with E-state index in [0.29, 0.717) is 9.88 Å². The molecule has 0 aromatic carbocycles. The molecule has 0 aliphatic carbocycles. The molecular weight excluding hydrogens is 303 g/mol. The average molecular weight is 309 g/mol. The van der Waals surface area contributed by atoms with E-state index in [1.807, 2.05) is 6.07 Å². The van der Waals surface area contributed by atoms with E-state index in [1.54, 1.807) is 18.2 Å². The SMILES string of the molecule is N#Cc1ccc(-n2nc(C(F)(F)F)cc2-c2ccco2)s1. The monoisotopic (exact) mass is 309 g/mol. The molecule has 0 aliphatic heterocycles. The topological polar surface area (TPSA) is 54.8 Å². The first-order valence-corrected chi connectivity index (χ1v) is 6.52. The molecule has 4 nitrogen and oxygen atoms in total. The van der Waals surface area contributed by atoms with Crippen LogP contribution < -0.4 is 0 Å². The Morgan fingerprint density at radius 1 is 1.29 bits per heavy atom. The smallest absolute Gasteiger partial charge is 0.435 e. The maximum atomic E-state index is 12.9. The predicted octanol–water partition coefficient (Wildman–Crippen LogP) is 4.08. The van der Waals surface area contributed by atoms with Gasteiger partial charge in [0.05, 0.1) is 6.26 Å². The van der Waals surface area contributed by atoms with Gasteiger partial charge in [-0.25, -0.2) is 4.68 Å². The summed E-state index contributed by atoms with van der Waals surface area (Å²) in [6.45, 7) is 0. The van der Waals surface area contributed by atoms with E-state index in [-0.39, 0.29) is 11.5 Å². The van der Waals surface area contributed by atoms with Gasteiger partial charge in [-0.1, -0.05) is 0 Å². The first kappa shape index (κ1) is 13.5. The van der Waals surface area contributed by atoms with Crippen LogP contribution in [0.2, 0.25) is 0 Å². The van der Waals surface area contributed by atoms with Crippen LogP contribution in [0.1, 0.15) is 10.6 Å². The van der Waals surface area contributed by atoms with Crippen molar-refractivity contribution in [3.8, 4) is 22.5 Å². The van der Waals surface area contributed by atoms with Crippen molar-refractivity contribution in [1.29, 1.82) is 5.26 Å². The van der Waals surface area contributed by atoms with Crippen molar-refractivity contribution in [2.75, 3.05) is 0 Å². The fourth-order valence-electron chi connectivity index (χ4n) is 1.79. The fourth-order valence-corrected chi connectivity index (χ4v) is 2.56. The molecule has 106 valence electrons. The highest BCUT2D eigenvalue weighted by atomic mass is 32.1. The summed E-state index contributed by atoms with van der Waals surface area (Å²) in [7, 11) is 0. The van der Waals surface area contributed by atoms with Crippen molar-refractivity contribution < 1.29 is 17.6 Å². The van der Waals surface area contributed by atoms with Crippen LogP contribution in [0.25, 0.3) is 16.5 Å². The molecule has 3 heterocycles. The van der Waals surface area contributed by atoms with Crippen LogP contribution >= 0.6 is 11.3 Å². The van der Waals surface area contributed by atoms with E-state index in [9.17, 15) is 13.2 Å². The highest BCUT2D eigenvalue weighted by molar-refractivity contribution is 7.15. The molecule has 3 rings (SSSR count). The highest BCUT2D eigenvalue weighted by Crippen LogP contribution is 2.34. The van der Waals surface area contributed by atoms with E-state index in [2.05, 4.69) is 5.10 Å². The highest BCUT2D eigenvalue weighted by Gasteiger charge is 2.35. The first-order chi connectivity index (χ1) is 9.99. The quantitative estimate of drug-likeness (QED) is 0.716. The van der Waals surface area contributed by atoms with Crippen LogP contribution in [0.4, 0.5) is 13.2 Å². The van der Waals surface area contributed by atoms with Crippen LogP contribution in [0, 0.1) is 11.3 Å². The standard InChI is InChI=1S/C13H6F3N3OS/c14-13(15,16)11-6-9(10-2-1-5-20-10)19(18-11)12-4-3-8(7-17)21-12/h1-6H. The summed E-state index contributed by atoms with van der Waals surface area (Å²) in [5.74, 6) is 0.268. The summed E-state index contributed by atoms with van der Waals surface area (Å²) >= 11 is 1.05. The normalized spacial score (nSPS) is 11.5. The molecule has 0 atom stereocenters. The minimum absolute atomic E-state index is 0.179. The fraction of sp³-hybridized carbons (Fsp3) is 0.0769. The zero-order chi connectivity index (χ0) is 15.0. The number of alkyl halides is 3. The molecule has 21 heavy (non-hydrogen) atoms. The Morgan fingerprint density at radius 2 is 2.10 bits per heavy atom. The van der Waals surface area contributed by atoms with Crippen LogP contribution in [-0.4, -0.2) is 9.78 Å². The van der Waals surface area contributed by atoms with Gasteiger partial charge < -0.3 is 4.42 Å². The molecule has 0 amide bonds. The molecule has 0 saturated heterocycles. The number of furan rings is 1. The van der Waals surface area contributed by atoms with Gasteiger partial charge in [-0.15, -0.1) is 11.3 Å². The van der Waals surface area contributed by atoms with E-state index < -0.39 is 11.9 Å². The molecule has 0 saturated carbocycles. The number of thiophene rings is 1. The summed E-state index contributed by atoms with van der Waals surface area (Å²) < 4.78 is 44.8. The number of rotatable bonds is 2. The molecule has 3 aromatic heterocycles. The Hall–Kier alpha value is -2.53. The zero-order valence-corrected chi connectivity index (χ0v) is 11.1. The molecule has 8 heteroatoms. The minimum Gasteiger partial charge on any atom is -0.463 e. The van der Waals surface area contributed by atoms with E-state index in [1.165, 1.54) is 12.3 Å². The minimum atomic E-state index is -4.55. The number of nitriles is 1. The number of aromatic nitrogens is 2. The summed E-state index contributed by atoms with van der Waals surface area (Å²) in [5.41, 5.74) is -0.834. The molecular formula is C13H6F3N3OS. The lowest BCUT2D eigenvalue weighted by Gasteiger charge is -2.02. The number of halogens is 3. The van der Waals surface area contributed by atoms with Gasteiger partial charge in [0.2, 0.25) is 0 Å². The maximum absolute atomic E-state index is 12.9. The van der Waals surface area contributed by atoms with Gasteiger partial charge >= 0.3 is 6.18 Å². The van der Waals surface area contributed by atoms with Crippen molar-refractivity contribution in [3.63, 3.8) is 0 Å². The second-order valence-corrected chi connectivity index (χ2v) is 5.11. The van der Waals surface area contributed by atoms with Gasteiger partial charge in [-0.3, -0.25) is 0 Å². The van der Waals surface area contributed by atoms with Gasteiger partial charge in [0.1, 0.15) is 21.6 Å². The second kappa shape index (κ2) is 4.79. The predicted molar refractivity (Wildman–Crippen MR) is 68.9 cm³/mol. The van der Waals surface area contributed by atoms with Crippen LogP contribution in [0.5, 0.6) is 0 Å². The maximum Gasteiger partial charge on any atom is 0.435 e. The molecule has 0 radical (unpaired) electrons. The number of hydrogen-bond acceptors (Lipinski definition) is 4. The Balaban J connectivity index is 2.18. The van der Waals surface area contributed by atoms with Gasteiger partial charge in [0.25, 0.3) is 0 Å². The van der Waals surface area contributed by atoms with Gasteiger partial charge in [0, 0.05) is 6.07 Å². The van der Waals surface area contributed by atoms with Crippen molar-refractivity contribution in [2.45, 2.75) is 6.18 Å². The van der Waals surface area contributed by atoms with Crippen LogP contribution in [0.15, 0.2) is 41.0 Å². The summed E-state index contributed by atoms with van der Waals surface area (Å²) in [6, 6.07) is 9.06. The van der Waals surface area contributed by atoms with Crippen molar-refractivity contribution >= 4 is 11.3 Å². The largest absolute Gasteiger partial charge is 0.463 e.